The SMILES string of the molecule is C.Cc1cn(CCCCC2OC(CO)C(O)C(O)C2O)nn1. The summed E-state index contributed by atoms with van der Waals surface area (Å²) in [6.07, 6.45) is -1.15. The number of hydrogen-bond donors (Lipinski definition) is 4. The minimum atomic E-state index is -1.29. The van der Waals surface area contributed by atoms with Gasteiger partial charge in [0.15, 0.2) is 0 Å². The molecule has 1 saturated heterocycles. The van der Waals surface area contributed by atoms with E-state index in [1.807, 2.05) is 13.1 Å². The van der Waals surface area contributed by atoms with Gasteiger partial charge in [-0.15, -0.1) is 5.10 Å². The Hall–Kier alpha value is -1.06. The Bertz CT molecular complexity index is 440. The van der Waals surface area contributed by atoms with Gasteiger partial charge < -0.3 is 25.2 Å². The first kappa shape index (κ1) is 19.0. The van der Waals surface area contributed by atoms with Gasteiger partial charge in [0.05, 0.1) is 18.4 Å². The van der Waals surface area contributed by atoms with Crippen molar-refractivity contribution in [2.24, 2.45) is 0 Å². The van der Waals surface area contributed by atoms with E-state index >= 15 is 0 Å². The Kier molecular flexibility index (Phi) is 7.37. The molecule has 0 amide bonds. The molecule has 2 heterocycles. The number of aliphatic hydroxyl groups is 4. The van der Waals surface area contributed by atoms with E-state index in [-0.39, 0.29) is 14.0 Å². The molecule has 5 atom stereocenters. The second-order valence-electron chi connectivity index (χ2n) is 5.49. The summed E-state index contributed by atoms with van der Waals surface area (Å²) >= 11 is 0. The standard InChI is InChI=1S/C13H23N3O5.CH4/c1-8-6-16(15-14-8)5-3-2-4-9-11(18)13(20)12(19)10(7-17)21-9;/h6,9-13,17-20H,2-5,7H2,1H3;1H4. The summed E-state index contributed by atoms with van der Waals surface area (Å²) in [7, 11) is 0. The third kappa shape index (κ3) is 4.47. The fraction of sp³-hybridized carbons (Fsp3) is 0.857. The average molecular weight is 317 g/mol. The predicted molar refractivity (Wildman–Crippen MR) is 79.1 cm³/mol. The molecule has 1 aromatic heterocycles. The molecule has 5 unspecified atom stereocenters. The maximum atomic E-state index is 9.90. The second-order valence-corrected chi connectivity index (χ2v) is 5.49. The normalized spacial score (nSPS) is 31.8. The number of aliphatic hydroxyl groups excluding tert-OH is 4. The van der Waals surface area contributed by atoms with Crippen LogP contribution in [0, 0.1) is 6.92 Å². The van der Waals surface area contributed by atoms with Crippen LogP contribution in [0.15, 0.2) is 6.20 Å². The Balaban J connectivity index is 0.00000242. The fourth-order valence-corrected chi connectivity index (χ4v) is 2.54. The molecule has 22 heavy (non-hydrogen) atoms. The second kappa shape index (κ2) is 8.54. The third-order valence-electron chi connectivity index (χ3n) is 3.77. The average Bonchev–Trinajstić information content (AvgIpc) is 2.89. The Labute approximate surface area is 130 Å². The fourth-order valence-electron chi connectivity index (χ4n) is 2.54. The van der Waals surface area contributed by atoms with Gasteiger partial charge in [-0.3, -0.25) is 4.68 Å². The van der Waals surface area contributed by atoms with Crippen LogP contribution in [0.3, 0.4) is 0 Å². The minimum Gasteiger partial charge on any atom is -0.394 e. The lowest BCUT2D eigenvalue weighted by molar-refractivity contribution is -0.230. The number of nitrogens with zero attached hydrogens (tertiary/aromatic N) is 3. The number of unbranched alkanes of at least 4 members (excludes halogenated alkanes) is 1. The highest BCUT2D eigenvalue weighted by atomic mass is 16.5. The molecule has 0 aromatic carbocycles. The highest BCUT2D eigenvalue weighted by Gasteiger charge is 2.42. The summed E-state index contributed by atoms with van der Waals surface area (Å²) in [6, 6.07) is 0. The first-order chi connectivity index (χ1) is 10.0. The summed E-state index contributed by atoms with van der Waals surface area (Å²) < 4.78 is 7.19. The van der Waals surface area contributed by atoms with Gasteiger partial charge >= 0.3 is 0 Å². The lowest BCUT2D eigenvalue weighted by atomic mass is 9.92. The molecule has 4 N–H and O–H groups in total. The van der Waals surface area contributed by atoms with Gasteiger partial charge in [-0.25, -0.2) is 0 Å². The highest BCUT2D eigenvalue weighted by molar-refractivity contribution is 4.91. The maximum absolute atomic E-state index is 9.90. The van der Waals surface area contributed by atoms with Gasteiger partial charge in [0.2, 0.25) is 0 Å². The summed E-state index contributed by atoms with van der Waals surface area (Å²) in [5.74, 6) is 0. The first-order valence-corrected chi connectivity index (χ1v) is 7.20. The molecular formula is C14H27N3O5. The molecule has 1 aromatic rings. The monoisotopic (exact) mass is 317 g/mol. The quantitative estimate of drug-likeness (QED) is 0.509. The highest BCUT2D eigenvalue weighted by Crippen LogP contribution is 2.24. The van der Waals surface area contributed by atoms with Gasteiger partial charge in [-0.2, -0.15) is 0 Å². The van der Waals surface area contributed by atoms with Gasteiger partial charge in [0, 0.05) is 12.7 Å². The van der Waals surface area contributed by atoms with Crippen LogP contribution >= 0.6 is 0 Å². The van der Waals surface area contributed by atoms with Gasteiger partial charge in [-0.05, 0) is 26.2 Å². The van der Waals surface area contributed by atoms with Crippen LogP contribution in [0.5, 0.6) is 0 Å². The number of aryl methyl sites for hydroxylation is 2. The number of aromatic nitrogens is 3. The molecule has 128 valence electrons. The van der Waals surface area contributed by atoms with Crippen LogP contribution in [-0.4, -0.2) is 72.5 Å². The smallest absolute Gasteiger partial charge is 0.111 e. The molecule has 8 nitrogen and oxygen atoms in total. The van der Waals surface area contributed by atoms with Crippen molar-refractivity contribution in [2.45, 2.75) is 70.7 Å². The van der Waals surface area contributed by atoms with E-state index in [4.69, 9.17) is 9.84 Å². The Morgan fingerprint density at radius 2 is 1.82 bits per heavy atom. The molecule has 0 aliphatic carbocycles. The zero-order valence-electron chi connectivity index (χ0n) is 12.0. The van der Waals surface area contributed by atoms with Crippen molar-refractivity contribution in [3.05, 3.63) is 11.9 Å². The molecule has 1 aliphatic heterocycles. The molecule has 0 spiro atoms. The molecule has 8 heteroatoms. The van der Waals surface area contributed by atoms with Crippen LogP contribution < -0.4 is 0 Å². The largest absolute Gasteiger partial charge is 0.394 e. The topological polar surface area (TPSA) is 121 Å². The van der Waals surface area contributed by atoms with Crippen LogP contribution in [-0.2, 0) is 11.3 Å². The van der Waals surface area contributed by atoms with Crippen molar-refractivity contribution in [1.82, 2.24) is 15.0 Å². The summed E-state index contributed by atoms with van der Waals surface area (Å²) in [5, 5.41) is 46.2. The van der Waals surface area contributed by atoms with Gasteiger partial charge in [0.1, 0.15) is 24.4 Å². The van der Waals surface area contributed by atoms with E-state index in [2.05, 4.69) is 10.3 Å². The zero-order chi connectivity index (χ0) is 15.4. The van der Waals surface area contributed by atoms with E-state index < -0.39 is 30.5 Å². The lowest BCUT2D eigenvalue weighted by Crippen LogP contribution is -2.58. The van der Waals surface area contributed by atoms with Crippen molar-refractivity contribution in [3.63, 3.8) is 0 Å². The van der Waals surface area contributed by atoms with Crippen molar-refractivity contribution in [1.29, 1.82) is 0 Å². The van der Waals surface area contributed by atoms with Crippen LogP contribution in [0.1, 0.15) is 32.4 Å². The predicted octanol–water partition coefficient (Wildman–Crippen LogP) is -0.765. The summed E-state index contributed by atoms with van der Waals surface area (Å²) in [4.78, 5) is 0. The summed E-state index contributed by atoms with van der Waals surface area (Å²) in [5.41, 5.74) is 0.865. The molecule has 1 fully saturated rings. The maximum Gasteiger partial charge on any atom is 0.111 e. The van der Waals surface area contributed by atoms with E-state index in [9.17, 15) is 15.3 Å². The van der Waals surface area contributed by atoms with E-state index in [1.54, 1.807) is 4.68 Å². The van der Waals surface area contributed by atoms with E-state index in [1.165, 1.54) is 0 Å². The first-order valence-electron chi connectivity index (χ1n) is 7.20. The molecule has 0 radical (unpaired) electrons. The Morgan fingerprint density at radius 3 is 2.41 bits per heavy atom. The zero-order valence-corrected chi connectivity index (χ0v) is 12.0. The van der Waals surface area contributed by atoms with Crippen molar-refractivity contribution in [3.8, 4) is 0 Å². The van der Waals surface area contributed by atoms with Gasteiger partial charge in [0.25, 0.3) is 0 Å². The van der Waals surface area contributed by atoms with Crippen molar-refractivity contribution < 1.29 is 25.2 Å². The van der Waals surface area contributed by atoms with Crippen molar-refractivity contribution in [2.75, 3.05) is 6.61 Å². The van der Waals surface area contributed by atoms with Crippen LogP contribution in [0.2, 0.25) is 0 Å². The molecule has 0 saturated carbocycles. The number of ether oxygens (including phenoxy) is 1. The molecule has 1 aliphatic rings. The number of hydrogen-bond acceptors (Lipinski definition) is 7. The minimum absolute atomic E-state index is 0. The van der Waals surface area contributed by atoms with Crippen molar-refractivity contribution >= 4 is 0 Å². The number of rotatable bonds is 6. The van der Waals surface area contributed by atoms with Crippen LogP contribution in [0.25, 0.3) is 0 Å². The Morgan fingerprint density at radius 1 is 1.14 bits per heavy atom. The molecular weight excluding hydrogens is 290 g/mol. The van der Waals surface area contributed by atoms with E-state index in [0.717, 1.165) is 25.1 Å². The third-order valence-corrected chi connectivity index (χ3v) is 3.77. The van der Waals surface area contributed by atoms with E-state index in [0.29, 0.717) is 6.42 Å². The molecule has 0 bridgehead atoms. The van der Waals surface area contributed by atoms with Gasteiger partial charge in [-0.1, -0.05) is 12.6 Å². The lowest BCUT2D eigenvalue weighted by Gasteiger charge is -2.40. The summed E-state index contributed by atoms with van der Waals surface area (Å²) in [6.45, 7) is 2.20. The molecule has 2 rings (SSSR count). The van der Waals surface area contributed by atoms with Crippen LogP contribution in [0.4, 0.5) is 0 Å².